The molecule has 1 saturated carbocycles. The van der Waals surface area contributed by atoms with Gasteiger partial charge in [0.2, 0.25) is 0 Å². The van der Waals surface area contributed by atoms with Crippen LogP contribution >= 0.6 is 0 Å². The molecule has 1 atom stereocenters. The molecule has 1 aromatic heterocycles. The molecule has 27 heavy (non-hydrogen) atoms. The summed E-state index contributed by atoms with van der Waals surface area (Å²) in [5.74, 6) is 0. The van der Waals surface area contributed by atoms with E-state index in [1.807, 2.05) is 19.9 Å². The number of sulfonamides is 1. The molecule has 2 saturated heterocycles. The van der Waals surface area contributed by atoms with Gasteiger partial charge in [0.05, 0.1) is 13.2 Å². The van der Waals surface area contributed by atoms with Crippen LogP contribution in [0, 0.1) is 19.3 Å². The Kier molecular flexibility index (Phi) is 5.31. The Labute approximate surface area is 163 Å². The molecule has 2 aliphatic heterocycles. The van der Waals surface area contributed by atoms with Gasteiger partial charge in [-0.3, -0.25) is 4.90 Å². The number of morpholine rings is 1. The molecule has 0 radical (unpaired) electrons. The maximum Gasteiger partial charge on any atom is 0.260 e. The molecule has 1 unspecified atom stereocenters. The van der Waals surface area contributed by atoms with Gasteiger partial charge < -0.3 is 4.74 Å². The van der Waals surface area contributed by atoms with Gasteiger partial charge in [-0.05, 0) is 62.5 Å². The van der Waals surface area contributed by atoms with E-state index in [0.29, 0.717) is 24.5 Å². The fourth-order valence-electron chi connectivity index (χ4n) is 5.18. The van der Waals surface area contributed by atoms with E-state index in [1.54, 1.807) is 10.5 Å². The predicted molar refractivity (Wildman–Crippen MR) is 104 cm³/mol. The van der Waals surface area contributed by atoms with Gasteiger partial charge in [-0.1, -0.05) is 6.07 Å². The molecule has 0 N–H and O–H groups in total. The highest BCUT2D eigenvalue weighted by Crippen LogP contribution is 2.48. The third-order valence-electron chi connectivity index (χ3n) is 6.77. The molecule has 4 rings (SSSR count). The zero-order valence-electron chi connectivity index (χ0n) is 16.5. The topological polar surface area (TPSA) is 62.7 Å². The van der Waals surface area contributed by atoms with Crippen LogP contribution in [0.2, 0.25) is 0 Å². The first-order chi connectivity index (χ1) is 12.9. The lowest BCUT2D eigenvalue weighted by Gasteiger charge is -2.40. The molecule has 1 aliphatic carbocycles. The number of pyridine rings is 1. The van der Waals surface area contributed by atoms with Crippen molar-refractivity contribution in [3.05, 3.63) is 23.4 Å². The van der Waals surface area contributed by atoms with E-state index in [2.05, 4.69) is 9.88 Å². The van der Waals surface area contributed by atoms with Gasteiger partial charge in [-0.25, -0.2) is 13.4 Å². The molecule has 6 nitrogen and oxygen atoms in total. The van der Waals surface area contributed by atoms with Gasteiger partial charge >= 0.3 is 0 Å². The molecule has 3 aliphatic rings. The predicted octanol–water partition coefficient (Wildman–Crippen LogP) is 2.35. The highest BCUT2D eigenvalue weighted by atomic mass is 32.2. The minimum absolute atomic E-state index is 0.224. The number of rotatable bonds is 3. The summed E-state index contributed by atoms with van der Waals surface area (Å²) in [4.78, 5) is 6.82. The van der Waals surface area contributed by atoms with Crippen molar-refractivity contribution in [3.8, 4) is 0 Å². The fourth-order valence-corrected chi connectivity index (χ4v) is 6.74. The van der Waals surface area contributed by atoms with Crippen molar-refractivity contribution in [1.82, 2.24) is 14.2 Å². The summed E-state index contributed by atoms with van der Waals surface area (Å²) in [6, 6.07) is 2.55. The van der Waals surface area contributed by atoms with Crippen molar-refractivity contribution in [2.24, 2.45) is 5.41 Å². The van der Waals surface area contributed by atoms with Gasteiger partial charge in [-0.2, -0.15) is 4.31 Å². The number of nitrogens with zero attached hydrogens (tertiary/aromatic N) is 3. The summed E-state index contributed by atoms with van der Waals surface area (Å²) >= 11 is 0. The highest BCUT2D eigenvalue weighted by Gasteiger charge is 2.45. The van der Waals surface area contributed by atoms with Crippen LogP contribution in [0.15, 0.2) is 17.3 Å². The molecule has 0 aromatic carbocycles. The highest BCUT2D eigenvalue weighted by molar-refractivity contribution is 7.89. The second kappa shape index (κ2) is 7.43. The van der Waals surface area contributed by atoms with Crippen molar-refractivity contribution >= 4 is 10.0 Å². The first-order valence-electron chi connectivity index (χ1n) is 10.1. The zero-order chi connectivity index (χ0) is 19.1. The molecule has 3 heterocycles. The molecule has 7 heteroatoms. The van der Waals surface area contributed by atoms with E-state index in [9.17, 15) is 8.42 Å². The van der Waals surface area contributed by atoms with Crippen LogP contribution in [0.25, 0.3) is 0 Å². The minimum Gasteiger partial charge on any atom is -0.379 e. The smallest absolute Gasteiger partial charge is 0.260 e. The van der Waals surface area contributed by atoms with Crippen molar-refractivity contribution in [1.29, 1.82) is 0 Å². The number of hydrogen-bond donors (Lipinski definition) is 0. The van der Waals surface area contributed by atoms with Crippen molar-refractivity contribution < 1.29 is 13.2 Å². The third kappa shape index (κ3) is 3.79. The van der Waals surface area contributed by atoms with E-state index in [0.717, 1.165) is 50.3 Å². The van der Waals surface area contributed by atoms with Crippen molar-refractivity contribution in [3.63, 3.8) is 0 Å². The fraction of sp³-hybridized carbons (Fsp3) is 0.750. The van der Waals surface area contributed by atoms with Crippen LogP contribution in [-0.4, -0.2) is 68.0 Å². The Bertz CT molecular complexity index is 782. The van der Waals surface area contributed by atoms with Crippen LogP contribution < -0.4 is 0 Å². The summed E-state index contributed by atoms with van der Waals surface area (Å²) in [5, 5.41) is 0.224. The molecular formula is C20H31N3O3S. The third-order valence-corrected chi connectivity index (χ3v) is 8.73. The first kappa shape index (κ1) is 19.3. The lowest BCUT2D eigenvalue weighted by Crippen LogP contribution is -2.45. The molecule has 0 bridgehead atoms. The Balaban J connectivity index is 1.41. The van der Waals surface area contributed by atoms with Crippen LogP contribution in [0.5, 0.6) is 0 Å². The van der Waals surface area contributed by atoms with E-state index in [1.165, 1.54) is 19.3 Å². The van der Waals surface area contributed by atoms with Gasteiger partial charge in [0.1, 0.15) is 0 Å². The maximum absolute atomic E-state index is 13.1. The number of ether oxygens (including phenoxy) is 1. The SMILES string of the molecule is Cc1cnc(S(=O)(=O)N2CCC3(CCC(N4CCOCC4)C3)CC2)c(C)c1. The Hall–Kier alpha value is -1.02. The average Bonchev–Trinajstić information content (AvgIpc) is 3.06. The van der Waals surface area contributed by atoms with Gasteiger partial charge in [0.15, 0.2) is 5.03 Å². The normalized spacial score (nSPS) is 27.3. The molecule has 0 amide bonds. The maximum atomic E-state index is 13.1. The van der Waals surface area contributed by atoms with Crippen molar-refractivity contribution in [2.45, 2.75) is 57.0 Å². The van der Waals surface area contributed by atoms with Crippen molar-refractivity contribution in [2.75, 3.05) is 39.4 Å². The number of aromatic nitrogens is 1. The molecule has 1 spiro atoms. The van der Waals surface area contributed by atoms with Gasteiger partial charge in [-0.15, -0.1) is 0 Å². The monoisotopic (exact) mass is 393 g/mol. The standard InChI is InChI=1S/C20H31N3O3S/c1-16-13-17(2)19(21-15-16)27(24,25)23-7-5-20(6-8-23)4-3-18(14-20)22-9-11-26-12-10-22/h13,15,18H,3-12,14H2,1-2H3. The Morgan fingerprint density at radius 2 is 1.81 bits per heavy atom. The van der Waals surface area contributed by atoms with Crippen LogP contribution in [0.1, 0.15) is 43.2 Å². The van der Waals surface area contributed by atoms with E-state index < -0.39 is 10.0 Å². The molecule has 1 aromatic rings. The van der Waals surface area contributed by atoms with Gasteiger partial charge in [0, 0.05) is 38.4 Å². The van der Waals surface area contributed by atoms with E-state index in [-0.39, 0.29) is 5.03 Å². The molecule has 150 valence electrons. The molecular weight excluding hydrogens is 362 g/mol. The minimum atomic E-state index is -3.49. The second-order valence-electron chi connectivity index (χ2n) is 8.58. The van der Waals surface area contributed by atoms with E-state index in [4.69, 9.17) is 4.74 Å². The number of hydrogen-bond acceptors (Lipinski definition) is 5. The lowest BCUT2D eigenvalue weighted by molar-refractivity contribution is 0.0137. The summed E-state index contributed by atoms with van der Waals surface area (Å²) in [7, 11) is -3.49. The summed E-state index contributed by atoms with van der Waals surface area (Å²) in [6.07, 6.45) is 7.27. The average molecular weight is 394 g/mol. The quantitative estimate of drug-likeness (QED) is 0.789. The summed E-state index contributed by atoms with van der Waals surface area (Å²) < 4.78 is 33.3. The van der Waals surface area contributed by atoms with Crippen LogP contribution in [0.4, 0.5) is 0 Å². The number of aryl methyl sites for hydroxylation is 2. The second-order valence-corrected chi connectivity index (χ2v) is 10.4. The number of piperidine rings is 1. The Morgan fingerprint density at radius 3 is 2.48 bits per heavy atom. The summed E-state index contributed by atoms with van der Waals surface area (Å²) in [5.41, 5.74) is 2.05. The zero-order valence-corrected chi connectivity index (χ0v) is 17.3. The Morgan fingerprint density at radius 1 is 1.11 bits per heavy atom. The van der Waals surface area contributed by atoms with Crippen LogP contribution in [0.3, 0.4) is 0 Å². The first-order valence-corrected chi connectivity index (χ1v) is 11.6. The van der Waals surface area contributed by atoms with Crippen LogP contribution in [-0.2, 0) is 14.8 Å². The largest absolute Gasteiger partial charge is 0.379 e. The lowest BCUT2D eigenvalue weighted by atomic mass is 9.77. The summed E-state index contributed by atoms with van der Waals surface area (Å²) in [6.45, 7) is 8.78. The van der Waals surface area contributed by atoms with Gasteiger partial charge in [0.25, 0.3) is 10.0 Å². The van der Waals surface area contributed by atoms with E-state index >= 15 is 0 Å². The molecule has 3 fully saturated rings.